The van der Waals surface area contributed by atoms with Crippen molar-refractivity contribution >= 4 is 17.6 Å². The number of fused-ring (bicyclic) bond motifs is 7. The summed E-state index contributed by atoms with van der Waals surface area (Å²) in [6, 6.07) is 0. The van der Waals surface area contributed by atoms with Gasteiger partial charge in [0.2, 0.25) is 11.9 Å². The Balaban J connectivity index is 1.41. The van der Waals surface area contributed by atoms with Crippen LogP contribution in [0.15, 0.2) is 16.2 Å². The first kappa shape index (κ1) is 28.2. The van der Waals surface area contributed by atoms with E-state index in [0.717, 1.165) is 56.1 Å². The number of ketones is 1. The predicted octanol–water partition coefficient (Wildman–Crippen LogP) is 4.67. The lowest BCUT2D eigenvalue weighted by Crippen LogP contribution is -2.66. The fraction of sp³-hybridized carbons (Fsp3) is 0.844. The number of allylic oxidation sites excluding steroid dienone is 1. The summed E-state index contributed by atoms with van der Waals surface area (Å²) >= 11 is 0. The number of rotatable bonds is 2. The number of aliphatic hydroxyl groups is 1. The number of nitrogens with one attached hydrogen (secondary N) is 3. The molecule has 8 nitrogen and oxygen atoms in total. The number of carbonyl (C=O) groups excluding carboxylic acids is 2. The SMILES string of the molecule is CC(C)C1=C2C3CCC4[C@@]5(C)CC[C@H](O)C(C)(C)C5CC[C@@]4(C)[C@]3(C)CC[C@@]2(C(=O)NC2=NNNN2C)CC1=O. The smallest absolute Gasteiger partial charge is 0.240 e. The Morgan fingerprint density at radius 1 is 1.00 bits per heavy atom. The molecule has 6 rings (SSSR count). The van der Waals surface area contributed by atoms with Crippen LogP contribution in [0.4, 0.5) is 0 Å². The first-order valence-corrected chi connectivity index (χ1v) is 15.7. The lowest BCUT2D eigenvalue weighted by atomic mass is 9.33. The standard InChI is InChI=1S/C32H51N5O3/c1-18(2)24-20(38)17-32(26(40)33-27-34-35-36-37(27)8)16-15-30(6)19(25(24)32)9-10-22-29(5)13-12-23(39)28(3,4)21(29)11-14-31(22,30)7/h18-19,21-23,35-36,39H,9-17H2,1-8H3,(H,33,34,40)/t19?,21?,22?,23-,29-,30+,31+,32+/m0/s1. The number of hydrogen-bond donors (Lipinski definition) is 4. The maximum Gasteiger partial charge on any atom is 0.240 e. The second kappa shape index (κ2) is 8.79. The minimum absolute atomic E-state index is 0.0127. The van der Waals surface area contributed by atoms with Crippen molar-refractivity contribution in [3.63, 3.8) is 0 Å². The van der Waals surface area contributed by atoms with Gasteiger partial charge in [-0.25, -0.2) is 5.53 Å². The molecule has 1 aliphatic heterocycles. The van der Waals surface area contributed by atoms with E-state index >= 15 is 0 Å². The maximum atomic E-state index is 14.2. The normalized spacial score (nSPS) is 45.8. The molecule has 0 aromatic heterocycles. The van der Waals surface area contributed by atoms with Crippen molar-refractivity contribution in [2.24, 2.45) is 55.8 Å². The first-order valence-electron chi connectivity index (χ1n) is 15.7. The maximum absolute atomic E-state index is 14.2. The van der Waals surface area contributed by atoms with Crippen LogP contribution in [0.1, 0.15) is 106 Å². The Labute approximate surface area is 240 Å². The number of hydrazine groups is 2. The fourth-order valence-electron chi connectivity index (χ4n) is 11.5. The summed E-state index contributed by atoms with van der Waals surface area (Å²) in [5, 5.41) is 19.9. The lowest BCUT2D eigenvalue weighted by molar-refractivity contribution is -0.228. The van der Waals surface area contributed by atoms with Crippen molar-refractivity contribution in [1.82, 2.24) is 21.4 Å². The zero-order chi connectivity index (χ0) is 29.0. The lowest BCUT2D eigenvalue weighted by Gasteiger charge is -2.72. The molecule has 5 aliphatic carbocycles. The molecule has 6 aliphatic rings. The van der Waals surface area contributed by atoms with Gasteiger partial charge in [-0.2, -0.15) is 0 Å². The number of carbonyl (C=O) groups is 2. The summed E-state index contributed by atoms with van der Waals surface area (Å²) in [6.07, 6.45) is 8.12. The average Bonchev–Trinajstić information content (AvgIpc) is 3.42. The van der Waals surface area contributed by atoms with Crippen molar-refractivity contribution in [3.05, 3.63) is 11.1 Å². The van der Waals surface area contributed by atoms with Crippen molar-refractivity contribution in [1.29, 1.82) is 0 Å². The molecule has 0 saturated heterocycles. The van der Waals surface area contributed by atoms with Gasteiger partial charge in [0, 0.05) is 13.5 Å². The van der Waals surface area contributed by atoms with Crippen LogP contribution in [-0.2, 0) is 9.59 Å². The van der Waals surface area contributed by atoms with E-state index in [0.29, 0.717) is 24.2 Å². The van der Waals surface area contributed by atoms with Crippen LogP contribution in [0.25, 0.3) is 0 Å². The second-order valence-electron chi connectivity index (χ2n) is 15.8. The van der Waals surface area contributed by atoms with Crippen molar-refractivity contribution in [2.45, 2.75) is 112 Å². The van der Waals surface area contributed by atoms with E-state index in [4.69, 9.17) is 0 Å². The Bertz CT molecular complexity index is 1190. The third kappa shape index (κ3) is 3.41. The van der Waals surface area contributed by atoms with E-state index < -0.39 is 5.41 Å². The van der Waals surface area contributed by atoms with Gasteiger partial charge in [-0.15, -0.1) is 10.6 Å². The van der Waals surface area contributed by atoms with E-state index in [1.807, 2.05) is 0 Å². The number of guanidine groups is 1. The van der Waals surface area contributed by atoms with Crippen LogP contribution in [-0.4, -0.2) is 40.9 Å². The number of aliphatic hydroxyl groups excluding tert-OH is 1. The third-order valence-corrected chi connectivity index (χ3v) is 13.8. The minimum atomic E-state index is -0.798. The molecule has 4 N–H and O–H groups in total. The number of hydrogen-bond acceptors (Lipinski definition) is 7. The minimum Gasteiger partial charge on any atom is -0.393 e. The molecule has 1 heterocycles. The molecule has 4 fully saturated rings. The summed E-state index contributed by atoms with van der Waals surface area (Å²) in [5.41, 5.74) is 7.10. The molecule has 8 atom stereocenters. The van der Waals surface area contributed by atoms with E-state index in [2.05, 4.69) is 70.0 Å². The number of Topliss-reactive ketones (excluding diaryl/α,β-unsaturated/α-hetero) is 1. The molecular formula is C32H51N5O3. The summed E-state index contributed by atoms with van der Waals surface area (Å²) in [5.74, 6) is 1.91. The largest absolute Gasteiger partial charge is 0.393 e. The van der Waals surface area contributed by atoms with Crippen LogP contribution in [0, 0.1) is 50.7 Å². The van der Waals surface area contributed by atoms with Gasteiger partial charge in [-0.3, -0.25) is 19.9 Å². The Kier molecular flexibility index (Phi) is 6.20. The average molecular weight is 554 g/mol. The first-order chi connectivity index (χ1) is 18.6. The molecule has 0 aromatic carbocycles. The molecule has 0 radical (unpaired) electrons. The summed E-state index contributed by atoms with van der Waals surface area (Å²) in [6.45, 7) is 16.4. The molecule has 0 spiro atoms. The van der Waals surface area contributed by atoms with Gasteiger partial charge in [-0.1, -0.05) is 48.5 Å². The molecule has 3 unspecified atom stereocenters. The molecule has 4 saturated carbocycles. The molecule has 8 heteroatoms. The van der Waals surface area contributed by atoms with Gasteiger partial charge in [0.1, 0.15) is 0 Å². The van der Waals surface area contributed by atoms with Gasteiger partial charge in [0.25, 0.3) is 0 Å². The molecule has 0 aromatic rings. The van der Waals surface area contributed by atoms with Crippen LogP contribution in [0.2, 0.25) is 0 Å². The van der Waals surface area contributed by atoms with Gasteiger partial charge >= 0.3 is 0 Å². The highest BCUT2D eigenvalue weighted by atomic mass is 16.3. The fourth-order valence-corrected chi connectivity index (χ4v) is 11.5. The van der Waals surface area contributed by atoms with Gasteiger partial charge < -0.3 is 5.11 Å². The van der Waals surface area contributed by atoms with Crippen LogP contribution in [0.3, 0.4) is 0 Å². The zero-order valence-corrected chi connectivity index (χ0v) is 25.9. The number of amides is 1. The zero-order valence-electron chi connectivity index (χ0n) is 25.9. The summed E-state index contributed by atoms with van der Waals surface area (Å²) < 4.78 is 0. The van der Waals surface area contributed by atoms with Crippen molar-refractivity contribution in [3.8, 4) is 0 Å². The quantitative estimate of drug-likeness (QED) is 0.396. The van der Waals surface area contributed by atoms with Gasteiger partial charge in [0.05, 0.1) is 11.5 Å². The van der Waals surface area contributed by atoms with E-state index in [1.54, 1.807) is 12.1 Å². The summed E-state index contributed by atoms with van der Waals surface area (Å²) in [7, 11) is 1.80. The molecule has 40 heavy (non-hydrogen) atoms. The Morgan fingerprint density at radius 2 is 1.73 bits per heavy atom. The topological polar surface area (TPSA) is 106 Å². The van der Waals surface area contributed by atoms with Gasteiger partial charge in [-0.05, 0) is 108 Å². The van der Waals surface area contributed by atoms with E-state index in [-0.39, 0.29) is 57.7 Å². The van der Waals surface area contributed by atoms with E-state index in [1.165, 1.54) is 0 Å². The Hall–Kier alpha value is -1.93. The Morgan fingerprint density at radius 3 is 2.38 bits per heavy atom. The molecule has 1 amide bonds. The van der Waals surface area contributed by atoms with Crippen LogP contribution < -0.4 is 16.4 Å². The predicted molar refractivity (Wildman–Crippen MR) is 155 cm³/mol. The highest BCUT2D eigenvalue weighted by molar-refractivity contribution is 6.10. The van der Waals surface area contributed by atoms with Crippen LogP contribution >= 0.6 is 0 Å². The van der Waals surface area contributed by atoms with Crippen LogP contribution in [0.5, 0.6) is 0 Å². The van der Waals surface area contributed by atoms with Crippen molar-refractivity contribution in [2.75, 3.05) is 7.05 Å². The third-order valence-electron chi connectivity index (χ3n) is 13.8. The molecule has 0 bridgehead atoms. The number of nitrogens with zero attached hydrogens (tertiary/aromatic N) is 2. The van der Waals surface area contributed by atoms with Gasteiger partial charge in [0.15, 0.2) is 5.78 Å². The van der Waals surface area contributed by atoms with E-state index in [9.17, 15) is 14.7 Å². The number of hydrazone groups is 1. The molecule has 222 valence electrons. The highest BCUT2D eigenvalue weighted by Gasteiger charge is 2.70. The second-order valence-corrected chi connectivity index (χ2v) is 15.8. The molecular weight excluding hydrogens is 502 g/mol. The monoisotopic (exact) mass is 553 g/mol. The summed E-state index contributed by atoms with van der Waals surface area (Å²) in [4.78, 5) is 28.0. The highest BCUT2D eigenvalue weighted by Crippen LogP contribution is 2.76. The van der Waals surface area contributed by atoms with Crippen molar-refractivity contribution < 1.29 is 14.7 Å².